The molecular formula is C25H22ClNOS. The van der Waals surface area contributed by atoms with Crippen LogP contribution in [0.15, 0.2) is 96.4 Å². The molecular weight excluding hydrogens is 398 g/mol. The molecule has 29 heavy (non-hydrogen) atoms. The van der Waals surface area contributed by atoms with E-state index in [1.165, 1.54) is 5.56 Å². The predicted molar refractivity (Wildman–Crippen MR) is 123 cm³/mol. The van der Waals surface area contributed by atoms with E-state index in [9.17, 15) is 4.79 Å². The maximum Gasteiger partial charge on any atom is 0.247 e. The molecule has 1 heterocycles. The molecule has 0 saturated carbocycles. The minimum absolute atomic E-state index is 0.107. The van der Waals surface area contributed by atoms with Gasteiger partial charge >= 0.3 is 0 Å². The number of allylic oxidation sites excluding steroid dienone is 1. The van der Waals surface area contributed by atoms with Crippen LogP contribution in [0.3, 0.4) is 0 Å². The second-order valence-electron chi connectivity index (χ2n) is 7.26. The summed E-state index contributed by atoms with van der Waals surface area (Å²) in [6.07, 6.45) is 2.43. The molecule has 146 valence electrons. The third-order valence-electron chi connectivity index (χ3n) is 5.27. The lowest BCUT2D eigenvalue weighted by molar-refractivity contribution is -0.127. The van der Waals surface area contributed by atoms with Crippen LogP contribution in [-0.4, -0.2) is 10.7 Å². The number of aryl methyl sites for hydroxylation is 1. The monoisotopic (exact) mass is 419 g/mol. The van der Waals surface area contributed by atoms with Gasteiger partial charge in [-0.2, -0.15) is 0 Å². The Balaban J connectivity index is 1.81. The van der Waals surface area contributed by atoms with Crippen molar-refractivity contribution in [3.8, 4) is 0 Å². The molecule has 4 heteroatoms. The molecule has 1 aliphatic rings. The van der Waals surface area contributed by atoms with Crippen molar-refractivity contribution in [2.45, 2.75) is 29.0 Å². The molecule has 2 atom stereocenters. The van der Waals surface area contributed by atoms with Crippen molar-refractivity contribution in [3.63, 3.8) is 0 Å². The minimum Gasteiger partial charge on any atom is -0.302 e. The third-order valence-corrected chi connectivity index (χ3v) is 6.96. The number of hydrogen-bond donors (Lipinski definition) is 0. The van der Waals surface area contributed by atoms with E-state index in [1.807, 2.05) is 84.6 Å². The van der Waals surface area contributed by atoms with E-state index in [2.05, 4.69) is 18.7 Å². The highest BCUT2D eigenvalue weighted by atomic mass is 35.5. The fourth-order valence-electron chi connectivity index (χ4n) is 3.87. The van der Waals surface area contributed by atoms with Crippen molar-refractivity contribution in [3.05, 3.63) is 108 Å². The number of carbonyl (C=O) groups is 1. The number of hydrogen-bond acceptors (Lipinski definition) is 2. The van der Waals surface area contributed by atoms with Gasteiger partial charge in [0.25, 0.3) is 0 Å². The van der Waals surface area contributed by atoms with Crippen molar-refractivity contribution in [1.29, 1.82) is 0 Å². The van der Waals surface area contributed by atoms with Crippen LogP contribution in [0.25, 0.3) is 0 Å². The lowest BCUT2D eigenvalue weighted by Gasteiger charge is -2.55. The molecule has 0 N–H and O–H groups in total. The van der Waals surface area contributed by atoms with E-state index in [0.29, 0.717) is 11.4 Å². The zero-order valence-corrected chi connectivity index (χ0v) is 17.8. The number of amides is 1. The highest BCUT2D eigenvalue weighted by Crippen LogP contribution is 2.57. The Morgan fingerprint density at radius 1 is 1.03 bits per heavy atom. The fraction of sp³-hybridized carbons (Fsp3) is 0.160. The molecule has 0 spiro atoms. The summed E-state index contributed by atoms with van der Waals surface area (Å²) in [7, 11) is 0. The van der Waals surface area contributed by atoms with E-state index in [4.69, 9.17) is 11.6 Å². The van der Waals surface area contributed by atoms with E-state index >= 15 is 0 Å². The number of carbonyl (C=O) groups excluding carboxylic acids is 1. The molecule has 0 bridgehead atoms. The Labute approximate surface area is 181 Å². The van der Waals surface area contributed by atoms with Crippen molar-refractivity contribution >= 4 is 35.0 Å². The first-order valence-electron chi connectivity index (χ1n) is 9.56. The second-order valence-corrected chi connectivity index (χ2v) is 9.10. The van der Waals surface area contributed by atoms with Crippen LogP contribution in [0.5, 0.6) is 0 Å². The predicted octanol–water partition coefficient (Wildman–Crippen LogP) is 6.84. The van der Waals surface area contributed by atoms with Crippen molar-refractivity contribution in [2.75, 3.05) is 4.90 Å². The van der Waals surface area contributed by atoms with E-state index in [-0.39, 0.29) is 11.9 Å². The van der Waals surface area contributed by atoms with Crippen LogP contribution >= 0.6 is 23.4 Å². The molecule has 1 saturated heterocycles. The summed E-state index contributed by atoms with van der Waals surface area (Å²) >= 11 is 7.76. The lowest BCUT2D eigenvalue weighted by atomic mass is 9.78. The van der Waals surface area contributed by atoms with Gasteiger partial charge in [-0.05, 0) is 55.3 Å². The summed E-state index contributed by atoms with van der Waals surface area (Å²) < 4.78 is -0.637. The van der Waals surface area contributed by atoms with E-state index < -0.39 is 4.75 Å². The van der Waals surface area contributed by atoms with Gasteiger partial charge in [0.1, 0.15) is 4.75 Å². The first-order valence-corrected chi connectivity index (χ1v) is 10.8. The zero-order valence-electron chi connectivity index (χ0n) is 16.2. The molecule has 2 nitrogen and oxygen atoms in total. The van der Waals surface area contributed by atoms with Crippen LogP contribution in [0, 0.1) is 6.92 Å². The number of rotatable bonds is 6. The number of anilines is 1. The molecule has 1 fully saturated rings. The standard InChI is InChI=1S/C25H22ClNOS/c1-3-17-25(29-22-7-5-4-6-8-22)23(19-11-13-20(26)14-12-19)27(24(25)28)21-15-9-18(2)10-16-21/h3-16,23H,1,17H2,2H3/t23-,25+/m1/s1. The average molecular weight is 420 g/mol. The molecule has 0 unspecified atom stereocenters. The average Bonchev–Trinajstić information content (AvgIpc) is 2.74. The topological polar surface area (TPSA) is 20.3 Å². The quantitative estimate of drug-likeness (QED) is 0.322. The number of benzene rings is 3. The largest absolute Gasteiger partial charge is 0.302 e. The maximum atomic E-state index is 13.6. The number of nitrogens with zero attached hydrogens (tertiary/aromatic N) is 1. The molecule has 1 amide bonds. The molecule has 4 rings (SSSR count). The summed E-state index contributed by atoms with van der Waals surface area (Å²) in [5.74, 6) is 0.107. The van der Waals surface area contributed by atoms with Gasteiger partial charge in [-0.15, -0.1) is 18.3 Å². The summed E-state index contributed by atoms with van der Waals surface area (Å²) in [6, 6.07) is 25.9. The second kappa shape index (κ2) is 8.10. The first-order chi connectivity index (χ1) is 14.0. The summed E-state index contributed by atoms with van der Waals surface area (Å²) in [6.45, 7) is 6.00. The Hall–Kier alpha value is -2.49. The molecule has 1 aliphatic heterocycles. The van der Waals surface area contributed by atoms with E-state index in [0.717, 1.165) is 16.1 Å². The summed E-state index contributed by atoms with van der Waals surface area (Å²) in [4.78, 5) is 16.6. The lowest BCUT2D eigenvalue weighted by Crippen LogP contribution is -2.66. The van der Waals surface area contributed by atoms with Crippen LogP contribution in [0.2, 0.25) is 5.02 Å². The van der Waals surface area contributed by atoms with Crippen LogP contribution in [-0.2, 0) is 4.79 Å². The van der Waals surface area contributed by atoms with Gasteiger partial charge < -0.3 is 4.90 Å². The normalized spacial score (nSPS) is 21.0. The number of β-lactam (4-membered cyclic amide) rings is 1. The van der Waals surface area contributed by atoms with Gasteiger partial charge in [0.15, 0.2) is 0 Å². The smallest absolute Gasteiger partial charge is 0.247 e. The molecule has 3 aromatic rings. The van der Waals surface area contributed by atoms with Crippen LogP contribution in [0.1, 0.15) is 23.6 Å². The molecule has 3 aromatic carbocycles. The van der Waals surface area contributed by atoms with Gasteiger partial charge in [-0.3, -0.25) is 4.79 Å². The van der Waals surface area contributed by atoms with Crippen molar-refractivity contribution < 1.29 is 4.79 Å². The third kappa shape index (κ3) is 3.61. The Bertz CT molecular complexity index is 1020. The number of halogens is 1. The highest BCUT2D eigenvalue weighted by Gasteiger charge is 2.61. The number of thioether (sulfide) groups is 1. The SMILES string of the molecule is C=CC[C@@]1(Sc2ccccc2)C(=O)N(c2ccc(C)cc2)[C@@H]1c1ccc(Cl)cc1. The van der Waals surface area contributed by atoms with Crippen LogP contribution < -0.4 is 4.90 Å². The van der Waals surface area contributed by atoms with Gasteiger partial charge in [0.05, 0.1) is 6.04 Å². The molecule has 0 aliphatic carbocycles. The maximum absolute atomic E-state index is 13.6. The fourth-order valence-corrected chi connectivity index (χ4v) is 5.45. The van der Waals surface area contributed by atoms with E-state index in [1.54, 1.807) is 11.8 Å². The molecule has 0 aromatic heterocycles. The summed E-state index contributed by atoms with van der Waals surface area (Å²) in [5, 5.41) is 0.686. The first kappa shape index (κ1) is 19.8. The summed E-state index contributed by atoms with van der Waals surface area (Å²) in [5.41, 5.74) is 3.15. The Kier molecular flexibility index (Phi) is 5.53. The Morgan fingerprint density at radius 2 is 1.69 bits per heavy atom. The van der Waals surface area contributed by atoms with Gasteiger partial charge in [0.2, 0.25) is 5.91 Å². The van der Waals surface area contributed by atoms with Gasteiger partial charge in [-0.25, -0.2) is 0 Å². The highest BCUT2D eigenvalue weighted by molar-refractivity contribution is 8.01. The zero-order chi connectivity index (χ0) is 20.4. The van der Waals surface area contributed by atoms with Crippen molar-refractivity contribution in [1.82, 2.24) is 0 Å². The molecule has 0 radical (unpaired) electrons. The Morgan fingerprint density at radius 3 is 2.31 bits per heavy atom. The van der Waals surface area contributed by atoms with Gasteiger partial charge in [0, 0.05) is 15.6 Å². The van der Waals surface area contributed by atoms with Crippen molar-refractivity contribution in [2.24, 2.45) is 0 Å². The minimum atomic E-state index is -0.637. The van der Waals surface area contributed by atoms with Gasteiger partial charge in [-0.1, -0.05) is 65.7 Å². The van der Waals surface area contributed by atoms with Crippen LogP contribution in [0.4, 0.5) is 5.69 Å².